The highest BCUT2D eigenvalue weighted by Gasteiger charge is 2.24. The van der Waals surface area contributed by atoms with Gasteiger partial charge in [-0.3, -0.25) is 9.69 Å². The number of carbonyl (C=O) groups excluding carboxylic acids is 1. The highest BCUT2D eigenvalue weighted by molar-refractivity contribution is 5.91. The van der Waals surface area contributed by atoms with E-state index in [2.05, 4.69) is 43.2 Å². The molecule has 30 heavy (non-hydrogen) atoms. The molecule has 2 aliphatic rings. The summed E-state index contributed by atoms with van der Waals surface area (Å²) in [6.07, 6.45) is 3.32. The molecule has 5 rings (SSSR count). The Labute approximate surface area is 174 Å². The van der Waals surface area contributed by atoms with Gasteiger partial charge in [0.25, 0.3) is 5.91 Å². The number of benzene rings is 1. The van der Waals surface area contributed by atoms with Crippen molar-refractivity contribution < 1.29 is 13.9 Å². The maximum atomic E-state index is 12.3. The number of hydrogen-bond acceptors (Lipinski definition) is 6. The van der Waals surface area contributed by atoms with Gasteiger partial charge in [-0.1, -0.05) is 12.1 Å². The van der Waals surface area contributed by atoms with Gasteiger partial charge in [0.15, 0.2) is 11.6 Å². The van der Waals surface area contributed by atoms with Crippen LogP contribution in [0.5, 0.6) is 5.75 Å². The van der Waals surface area contributed by atoms with Gasteiger partial charge in [0.2, 0.25) is 0 Å². The van der Waals surface area contributed by atoms with Crippen LogP contribution in [0.15, 0.2) is 41.0 Å². The average Bonchev–Trinajstić information content (AvgIpc) is 3.48. The fourth-order valence-corrected chi connectivity index (χ4v) is 4.20. The van der Waals surface area contributed by atoms with Gasteiger partial charge >= 0.3 is 0 Å². The molecule has 2 aromatic heterocycles. The number of ether oxygens (including phenoxy) is 1. The van der Waals surface area contributed by atoms with Gasteiger partial charge < -0.3 is 19.0 Å². The van der Waals surface area contributed by atoms with Crippen LogP contribution in [-0.4, -0.2) is 45.3 Å². The molecule has 0 saturated heterocycles. The van der Waals surface area contributed by atoms with E-state index in [9.17, 15) is 4.79 Å². The van der Waals surface area contributed by atoms with E-state index in [4.69, 9.17) is 9.15 Å². The number of carbonyl (C=O) groups is 1. The molecular formula is C22H25N5O3. The average molecular weight is 407 g/mol. The zero-order valence-electron chi connectivity index (χ0n) is 17.0. The lowest BCUT2D eigenvalue weighted by Gasteiger charge is -2.20. The Bertz CT molecular complexity index is 1040. The third-order valence-electron chi connectivity index (χ3n) is 5.79. The summed E-state index contributed by atoms with van der Waals surface area (Å²) in [7, 11) is 0. The Hall–Kier alpha value is -3.13. The lowest BCUT2D eigenvalue weighted by atomic mass is 10.1. The van der Waals surface area contributed by atoms with Gasteiger partial charge in [-0.2, -0.15) is 0 Å². The second kappa shape index (κ2) is 7.95. The summed E-state index contributed by atoms with van der Waals surface area (Å²) >= 11 is 0. The molecule has 0 radical (unpaired) electrons. The third kappa shape index (κ3) is 3.70. The maximum absolute atomic E-state index is 12.3. The Morgan fingerprint density at radius 1 is 1.20 bits per heavy atom. The molecule has 3 aromatic rings. The molecule has 0 fully saturated rings. The van der Waals surface area contributed by atoms with Crippen LogP contribution < -0.4 is 10.1 Å². The molecule has 1 N–H and O–H groups in total. The summed E-state index contributed by atoms with van der Waals surface area (Å²) in [6, 6.07) is 9.61. The number of furan rings is 1. The predicted molar refractivity (Wildman–Crippen MR) is 109 cm³/mol. The van der Waals surface area contributed by atoms with E-state index in [1.54, 1.807) is 12.1 Å². The van der Waals surface area contributed by atoms with Gasteiger partial charge in [0.05, 0.1) is 18.9 Å². The van der Waals surface area contributed by atoms with Crippen LogP contribution in [0.1, 0.15) is 46.3 Å². The van der Waals surface area contributed by atoms with Crippen molar-refractivity contribution >= 4 is 5.91 Å². The predicted octanol–water partition coefficient (Wildman–Crippen LogP) is 2.36. The van der Waals surface area contributed by atoms with E-state index in [1.165, 1.54) is 17.4 Å². The minimum Gasteiger partial charge on any atom is -0.493 e. The van der Waals surface area contributed by atoms with Crippen LogP contribution >= 0.6 is 0 Å². The number of nitrogens with zero attached hydrogens (tertiary/aromatic N) is 4. The molecule has 8 nitrogen and oxygen atoms in total. The first-order valence-electron chi connectivity index (χ1n) is 10.4. The molecule has 0 spiro atoms. The van der Waals surface area contributed by atoms with Crippen LogP contribution in [0.2, 0.25) is 0 Å². The topological polar surface area (TPSA) is 85.4 Å². The summed E-state index contributed by atoms with van der Waals surface area (Å²) < 4.78 is 12.9. The van der Waals surface area contributed by atoms with E-state index in [0.717, 1.165) is 63.0 Å². The number of hydrogen-bond donors (Lipinski definition) is 1. The second-order valence-corrected chi connectivity index (χ2v) is 7.87. The molecule has 1 atom stereocenters. The lowest BCUT2D eigenvalue weighted by Crippen LogP contribution is -2.30. The molecule has 0 aliphatic carbocycles. The van der Waals surface area contributed by atoms with E-state index >= 15 is 0 Å². The minimum absolute atomic E-state index is 0.249. The van der Waals surface area contributed by atoms with E-state index in [0.29, 0.717) is 5.76 Å². The molecule has 8 heteroatoms. The largest absolute Gasteiger partial charge is 0.493 e. The Morgan fingerprint density at radius 3 is 3.00 bits per heavy atom. The quantitative estimate of drug-likeness (QED) is 0.699. The highest BCUT2D eigenvalue weighted by atomic mass is 16.5. The Morgan fingerprint density at radius 2 is 2.13 bits per heavy atom. The summed E-state index contributed by atoms with van der Waals surface area (Å²) in [5, 5.41) is 11.7. The SMILES string of the molecule is C[C@H](NC(=O)c1ccco1)c1nnc2n1CCN(Cc1ccc3c(c1)CCO3)CC2. The minimum atomic E-state index is -0.257. The van der Waals surface area contributed by atoms with Crippen molar-refractivity contribution in [2.75, 3.05) is 19.7 Å². The molecule has 0 unspecified atom stereocenters. The normalized spacial score (nSPS) is 17.0. The van der Waals surface area contributed by atoms with Crippen molar-refractivity contribution in [2.24, 2.45) is 0 Å². The summed E-state index contributed by atoms with van der Waals surface area (Å²) in [5.41, 5.74) is 2.62. The van der Waals surface area contributed by atoms with Gasteiger partial charge in [0.1, 0.15) is 11.6 Å². The zero-order chi connectivity index (χ0) is 20.5. The third-order valence-corrected chi connectivity index (χ3v) is 5.79. The monoisotopic (exact) mass is 407 g/mol. The van der Waals surface area contributed by atoms with Crippen molar-refractivity contribution in [1.29, 1.82) is 0 Å². The van der Waals surface area contributed by atoms with E-state index in [1.807, 2.05) is 6.92 Å². The van der Waals surface area contributed by atoms with Crippen LogP contribution in [0, 0.1) is 0 Å². The van der Waals surface area contributed by atoms with Gasteiger partial charge in [0, 0.05) is 39.0 Å². The van der Waals surface area contributed by atoms with Crippen LogP contribution in [0.3, 0.4) is 0 Å². The molecule has 2 aliphatic heterocycles. The molecule has 1 aromatic carbocycles. The molecule has 4 heterocycles. The highest BCUT2D eigenvalue weighted by Crippen LogP contribution is 2.26. The van der Waals surface area contributed by atoms with E-state index in [-0.39, 0.29) is 11.9 Å². The fraction of sp³-hybridized carbons (Fsp3) is 0.409. The van der Waals surface area contributed by atoms with Crippen LogP contribution in [-0.2, 0) is 25.9 Å². The van der Waals surface area contributed by atoms with E-state index < -0.39 is 0 Å². The summed E-state index contributed by atoms with van der Waals surface area (Å²) in [6.45, 7) is 6.25. The number of fused-ring (bicyclic) bond motifs is 2. The molecular weight excluding hydrogens is 382 g/mol. The van der Waals surface area contributed by atoms with Gasteiger partial charge in [-0.15, -0.1) is 10.2 Å². The lowest BCUT2D eigenvalue weighted by molar-refractivity contribution is 0.0909. The first-order valence-corrected chi connectivity index (χ1v) is 10.4. The standard InChI is InChI=1S/C22H25N5O3/c1-15(23-22(28)19-3-2-11-29-19)21-25-24-20-6-8-26(9-10-27(20)21)14-16-4-5-18-17(13-16)7-12-30-18/h2-5,11,13,15H,6-10,12,14H2,1H3,(H,23,28)/t15-/m0/s1. The molecule has 1 amide bonds. The molecule has 0 bridgehead atoms. The molecule has 156 valence electrons. The van der Waals surface area contributed by atoms with Gasteiger partial charge in [-0.25, -0.2) is 0 Å². The first-order chi connectivity index (χ1) is 14.7. The maximum Gasteiger partial charge on any atom is 0.287 e. The smallest absolute Gasteiger partial charge is 0.287 e. The van der Waals surface area contributed by atoms with Gasteiger partial charge in [-0.05, 0) is 36.2 Å². The van der Waals surface area contributed by atoms with Crippen molar-refractivity contribution in [3.63, 3.8) is 0 Å². The fourth-order valence-electron chi connectivity index (χ4n) is 4.20. The van der Waals surface area contributed by atoms with Crippen molar-refractivity contribution in [1.82, 2.24) is 25.0 Å². The summed E-state index contributed by atoms with van der Waals surface area (Å²) in [5.74, 6) is 2.82. The Kier molecular flexibility index (Phi) is 5.00. The van der Waals surface area contributed by atoms with Crippen molar-refractivity contribution in [2.45, 2.75) is 38.9 Å². The van der Waals surface area contributed by atoms with Crippen LogP contribution in [0.4, 0.5) is 0 Å². The number of nitrogens with one attached hydrogen (secondary N) is 1. The zero-order valence-corrected chi connectivity index (χ0v) is 17.0. The molecule has 0 saturated carbocycles. The summed E-state index contributed by atoms with van der Waals surface area (Å²) in [4.78, 5) is 14.8. The number of amides is 1. The first kappa shape index (κ1) is 18.9. The number of rotatable bonds is 5. The number of aromatic nitrogens is 3. The van der Waals surface area contributed by atoms with Crippen molar-refractivity contribution in [3.05, 3.63) is 65.1 Å². The van der Waals surface area contributed by atoms with Crippen molar-refractivity contribution in [3.8, 4) is 5.75 Å². The second-order valence-electron chi connectivity index (χ2n) is 7.87. The Balaban J connectivity index is 1.24. The van der Waals surface area contributed by atoms with Crippen LogP contribution in [0.25, 0.3) is 0 Å².